The molecular weight excluding hydrogens is 324 g/mol. The number of benzene rings is 2. The molecule has 0 amide bonds. The lowest BCUT2D eigenvalue weighted by molar-refractivity contribution is 0.820. The normalized spacial score (nSPS) is 12.5. The molecule has 19 heavy (non-hydrogen) atoms. The highest BCUT2D eigenvalue weighted by Crippen LogP contribution is 2.44. The summed E-state index contributed by atoms with van der Waals surface area (Å²) in [7, 11) is 0. The summed E-state index contributed by atoms with van der Waals surface area (Å²) in [5, 5.41) is 1.42. The van der Waals surface area contributed by atoms with E-state index in [-0.39, 0.29) is 6.04 Å². The molecule has 0 heterocycles. The topological polar surface area (TPSA) is 26.0 Å². The Bertz CT molecular complexity index is 623. The molecule has 0 saturated carbocycles. The van der Waals surface area contributed by atoms with Gasteiger partial charge < -0.3 is 5.73 Å². The van der Waals surface area contributed by atoms with Crippen LogP contribution in [0.3, 0.4) is 0 Å². The first kappa shape index (κ1) is 15.0. The Hall–Kier alpha value is -0.440. The fraction of sp³-hybridized carbons (Fsp3) is 0.143. The van der Waals surface area contributed by atoms with Crippen LogP contribution in [0.5, 0.6) is 0 Å². The van der Waals surface area contributed by atoms with Crippen molar-refractivity contribution in [2.24, 2.45) is 5.73 Å². The van der Waals surface area contributed by atoms with E-state index in [0.29, 0.717) is 25.7 Å². The summed E-state index contributed by atoms with van der Waals surface area (Å²) in [6.45, 7) is 1.90. The number of hydrogen-bond donors (Lipinski definition) is 1. The van der Waals surface area contributed by atoms with E-state index >= 15 is 0 Å². The Morgan fingerprint density at radius 1 is 0.947 bits per heavy atom. The van der Waals surface area contributed by atoms with Gasteiger partial charge >= 0.3 is 0 Å². The molecule has 0 bridgehead atoms. The minimum Gasteiger partial charge on any atom is -0.324 e. The fourth-order valence-electron chi connectivity index (χ4n) is 1.93. The first-order valence-corrected chi connectivity index (χ1v) is 7.12. The van der Waals surface area contributed by atoms with Crippen molar-refractivity contribution >= 4 is 46.4 Å². The van der Waals surface area contributed by atoms with Crippen molar-refractivity contribution in [3.63, 3.8) is 0 Å². The second-order valence-corrected chi connectivity index (χ2v) is 5.79. The molecule has 0 radical (unpaired) electrons. The van der Waals surface area contributed by atoms with Crippen LogP contribution in [0.4, 0.5) is 0 Å². The van der Waals surface area contributed by atoms with Crippen LogP contribution < -0.4 is 5.73 Å². The lowest BCUT2D eigenvalue weighted by atomic mass is 9.96. The molecule has 100 valence electrons. The highest BCUT2D eigenvalue weighted by molar-refractivity contribution is 6.51. The van der Waals surface area contributed by atoms with Gasteiger partial charge in [0.15, 0.2) is 0 Å². The molecule has 2 N–H and O–H groups in total. The van der Waals surface area contributed by atoms with E-state index in [0.717, 1.165) is 11.1 Å². The molecule has 0 spiro atoms. The summed E-state index contributed by atoms with van der Waals surface area (Å²) >= 11 is 24.6. The molecule has 2 aromatic carbocycles. The summed E-state index contributed by atoms with van der Waals surface area (Å²) in [6, 6.07) is 9.12. The summed E-state index contributed by atoms with van der Waals surface area (Å²) in [5.41, 5.74) is 8.45. The second kappa shape index (κ2) is 5.90. The fourth-order valence-corrected chi connectivity index (χ4v) is 3.05. The van der Waals surface area contributed by atoms with E-state index < -0.39 is 0 Å². The zero-order valence-electron chi connectivity index (χ0n) is 10.1. The molecule has 0 saturated heterocycles. The van der Waals surface area contributed by atoms with E-state index in [9.17, 15) is 0 Å². The molecule has 0 aliphatic heterocycles. The van der Waals surface area contributed by atoms with Crippen molar-refractivity contribution in [1.82, 2.24) is 0 Å². The summed E-state index contributed by atoms with van der Waals surface area (Å²) in [4.78, 5) is 0. The van der Waals surface area contributed by atoms with Gasteiger partial charge in [-0.1, -0.05) is 70.7 Å². The zero-order chi connectivity index (χ0) is 14.2. The quantitative estimate of drug-likeness (QED) is 0.530. The molecule has 0 aromatic heterocycles. The molecule has 0 aliphatic carbocycles. The number of halogens is 4. The van der Waals surface area contributed by atoms with Crippen molar-refractivity contribution in [2.45, 2.75) is 13.0 Å². The van der Waals surface area contributed by atoms with Gasteiger partial charge in [-0.3, -0.25) is 0 Å². The van der Waals surface area contributed by atoms with E-state index in [1.165, 1.54) is 0 Å². The zero-order valence-corrected chi connectivity index (χ0v) is 13.1. The molecule has 5 heteroatoms. The number of nitrogens with two attached hydrogens (primary N) is 1. The van der Waals surface area contributed by atoms with Crippen LogP contribution in [0.15, 0.2) is 30.3 Å². The number of rotatable bonds is 2. The van der Waals surface area contributed by atoms with Crippen LogP contribution >= 0.6 is 46.4 Å². The minimum absolute atomic E-state index is 0.141. The first-order valence-electron chi connectivity index (χ1n) is 5.61. The van der Waals surface area contributed by atoms with Crippen LogP contribution in [-0.2, 0) is 0 Å². The Morgan fingerprint density at radius 3 is 2.21 bits per heavy atom. The Balaban J connectivity index is 2.77. The minimum atomic E-state index is -0.141. The van der Waals surface area contributed by atoms with Crippen molar-refractivity contribution in [2.75, 3.05) is 0 Å². The van der Waals surface area contributed by atoms with Gasteiger partial charge in [-0.15, -0.1) is 0 Å². The molecule has 2 rings (SSSR count). The second-order valence-electron chi connectivity index (χ2n) is 4.22. The highest BCUT2D eigenvalue weighted by Gasteiger charge is 2.18. The number of hydrogen-bond acceptors (Lipinski definition) is 1. The molecule has 1 unspecified atom stereocenters. The molecule has 1 nitrogen and oxygen atoms in total. The van der Waals surface area contributed by atoms with Crippen molar-refractivity contribution in [1.29, 1.82) is 0 Å². The third-order valence-corrected chi connectivity index (χ3v) is 4.40. The average molecular weight is 335 g/mol. The van der Waals surface area contributed by atoms with E-state index in [1.54, 1.807) is 6.07 Å². The predicted molar refractivity (Wildman–Crippen MR) is 84.5 cm³/mol. The van der Waals surface area contributed by atoms with Gasteiger partial charge in [0.05, 0.1) is 20.1 Å². The van der Waals surface area contributed by atoms with Crippen LogP contribution in [0.2, 0.25) is 20.1 Å². The first-order chi connectivity index (χ1) is 8.93. The maximum Gasteiger partial charge on any atom is 0.0785 e. The van der Waals surface area contributed by atoms with E-state index in [1.807, 2.05) is 31.2 Å². The molecule has 1 atom stereocenters. The standard InChI is InChI=1S/C14H11Cl4N/c1-7(19)8-4-2-3-5-9(8)12-10(15)6-11(16)13(17)14(12)18/h2-7H,19H2,1H3. The summed E-state index contributed by atoms with van der Waals surface area (Å²) in [5.74, 6) is 0. The van der Waals surface area contributed by atoms with Crippen LogP contribution in [-0.4, -0.2) is 0 Å². The van der Waals surface area contributed by atoms with Gasteiger partial charge in [-0.05, 0) is 24.1 Å². The van der Waals surface area contributed by atoms with Crippen molar-refractivity contribution < 1.29 is 0 Å². The van der Waals surface area contributed by atoms with Crippen LogP contribution in [0.25, 0.3) is 11.1 Å². The molecular formula is C14H11Cl4N. The van der Waals surface area contributed by atoms with Gasteiger partial charge in [0.25, 0.3) is 0 Å². The monoisotopic (exact) mass is 333 g/mol. The van der Waals surface area contributed by atoms with Gasteiger partial charge in [0.1, 0.15) is 0 Å². The maximum atomic E-state index is 6.27. The van der Waals surface area contributed by atoms with Crippen LogP contribution in [0, 0.1) is 0 Å². The highest BCUT2D eigenvalue weighted by atomic mass is 35.5. The smallest absolute Gasteiger partial charge is 0.0785 e. The molecule has 2 aromatic rings. The van der Waals surface area contributed by atoms with Crippen molar-refractivity contribution in [3.05, 3.63) is 56.0 Å². The van der Waals surface area contributed by atoms with Gasteiger partial charge in [0, 0.05) is 11.6 Å². The summed E-state index contributed by atoms with van der Waals surface area (Å²) < 4.78 is 0. The van der Waals surface area contributed by atoms with Crippen LogP contribution in [0.1, 0.15) is 18.5 Å². The molecule has 0 fully saturated rings. The SMILES string of the molecule is CC(N)c1ccccc1-c1c(Cl)cc(Cl)c(Cl)c1Cl. The van der Waals surface area contributed by atoms with Gasteiger partial charge in [-0.2, -0.15) is 0 Å². The third-order valence-electron chi connectivity index (χ3n) is 2.83. The Morgan fingerprint density at radius 2 is 1.58 bits per heavy atom. The summed E-state index contributed by atoms with van der Waals surface area (Å²) in [6.07, 6.45) is 0. The lowest BCUT2D eigenvalue weighted by Crippen LogP contribution is -2.06. The Kier molecular flexibility index (Phi) is 4.65. The lowest BCUT2D eigenvalue weighted by Gasteiger charge is -2.16. The molecule has 0 aliphatic rings. The Labute approximate surface area is 132 Å². The van der Waals surface area contributed by atoms with E-state index in [2.05, 4.69) is 0 Å². The van der Waals surface area contributed by atoms with Gasteiger partial charge in [-0.25, -0.2) is 0 Å². The largest absolute Gasteiger partial charge is 0.324 e. The van der Waals surface area contributed by atoms with Gasteiger partial charge in [0.2, 0.25) is 0 Å². The maximum absolute atomic E-state index is 6.27. The van der Waals surface area contributed by atoms with E-state index in [4.69, 9.17) is 52.1 Å². The predicted octanol–water partition coefficient (Wildman–Crippen LogP) is 5.99. The third kappa shape index (κ3) is 2.86. The average Bonchev–Trinajstić information content (AvgIpc) is 2.36. The van der Waals surface area contributed by atoms with Crippen molar-refractivity contribution in [3.8, 4) is 11.1 Å².